The van der Waals surface area contributed by atoms with E-state index in [1.165, 1.54) is 24.2 Å². The van der Waals surface area contributed by atoms with Crippen molar-refractivity contribution in [3.8, 4) is 0 Å². The van der Waals surface area contributed by atoms with Crippen molar-refractivity contribution in [1.82, 2.24) is 4.98 Å². The van der Waals surface area contributed by atoms with Crippen molar-refractivity contribution < 1.29 is 0 Å². The van der Waals surface area contributed by atoms with Gasteiger partial charge in [0.15, 0.2) is 0 Å². The first kappa shape index (κ1) is 9.59. The molecule has 1 unspecified atom stereocenters. The van der Waals surface area contributed by atoms with Gasteiger partial charge >= 0.3 is 0 Å². The molecule has 0 spiro atoms. The van der Waals surface area contributed by atoms with Gasteiger partial charge in [-0.05, 0) is 25.3 Å². The molecule has 3 nitrogen and oxygen atoms in total. The first-order valence-corrected chi connectivity index (χ1v) is 5.48. The molecule has 1 aliphatic rings. The Labute approximate surface area is 85.3 Å². The molecule has 3 heteroatoms. The normalized spacial score (nSPS) is 22.7. The molecular weight excluding hydrogens is 174 g/mol. The molecule has 0 amide bonds. The van der Waals surface area contributed by atoms with Gasteiger partial charge in [-0.3, -0.25) is 0 Å². The smallest absolute Gasteiger partial charge is 0.0577 e. The maximum atomic E-state index is 5.97. The van der Waals surface area contributed by atoms with Crippen LogP contribution in [0.2, 0.25) is 0 Å². The van der Waals surface area contributed by atoms with E-state index in [9.17, 15) is 0 Å². The third-order valence-electron chi connectivity index (χ3n) is 2.96. The van der Waals surface area contributed by atoms with Crippen molar-refractivity contribution in [2.75, 3.05) is 18.0 Å². The van der Waals surface area contributed by atoms with Gasteiger partial charge in [-0.1, -0.05) is 6.92 Å². The van der Waals surface area contributed by atoms with E-state index < -0.39 is 0 Å². The third-order valence-corrected chi connectivity index (χ3v) is 2.96. The van der Waals surface area contributed by atoms with E-state index in [1.807, 2.05) is 6.20 Å². The number of aryl methyl sites for hydroxylation is 1. The van der Waals surface area contributed by atoms with Crippen LogP contribution >= 0.6 is 0 Å². The van der Waals surface area contributed by atoms with Gasteiger partial charge < -0.3 is 15.6 Å². The standard InChI is InChI=1S/C11H19N3/c1-2-10-11(5-6-13-10)14-7-3-4-9(12)8-14/h5-6,9,13H,2-4,7-8,12H2,1H3. The number of nitrogens with one attached hydrogen (secondary N) is 1. The van der Waals surface area contributed by atoms with Crippen LogP contribution < -0.4 is 10.6 Å². The highest BCUT2D eigenvalue weighted by Crippen LogP contribution is 2.23. The van der Waals surface area contributed by atoms with Crippen LogP contribution in [-0.2, 0) is 6.42 Å². The first-order valence-electron chi connectivity index (χ1n) is 5.48. The lowest BCUT2D eigenvalue weighted by Crippen LogP contribution is -2.43. The fourth-order valence-electron chi connectivity index (χ4n) is 2.20. The zero-order chi connectivity index (χ0) is 9.97. The number of anilines is 1. The molecule has 1 aromatic heterocycles. The molecule has 14 heavy (non-hydrogen) atoms. The summed E-state index contributed by atoms with van der Waals surface area (Å²) in [5.74, 6) is 0. The van der Waals surface area contributed by atoms with E-state index in [2.05, 4.69) is 22.9 Å². The van der Waals surface area contributed by atoms with Crippen LogP contribution in [-0.4, -0.2) is 24.1 Å². The zero-order valence-corrected chi connectivity index (χ0v) is 8.79. The summed E-state index contributed by atoms with van der Waals surface area (Å²) in [5.41, 5.74) is 8.65. The molecule has 0 aromatic carbocycles. The van der Waals surface area contributed by atoms with E-state index in [0.29, 0.717) is 6.04 Å². The fourth-order valence-corrected chi connectivity index (χ4v) is 2.20. The van der Waals surface area contributed by atoms with Crippen molar-refractivity contribution in [1.29, 1.82) is 0 Å². The van der Waals surface area contributed by atoms with Crippen LogP contribution in [0.25, 0.3) is 0 Å². The Kier molecular flexibility index (Phi) is 2.77. The number of H-pyrrole nitrogens is 1. The average molecular weight is 193 g/mol. The Balaban J connectivity index is 2.13. The Hall–Kier alpha value is -0.960. The second kappa shape index (κ2) is 4.05. The number of piperidine rings is 1. The maximum absolute atomic E-state index is 5.97. The van der Waals surface area contributed by atoms with Crippen LogP contribution in [0.3, 0.4) is 0 Å². The number of rotatable bonds is 2. The van der Waals surface area contributed by atoms with Crippen molar-refractivity contribution in [2.24, 2.45) is 5.73 Å². The predicted octanol–water partition coefficient (Wildman–Crippen LogP) is 1.50. The van der Waals surface area contributed by atoms with Crippen molar-refractivity contribution in [2.45, 2.75) is 32.2 Å². The van der Waals surface area contributed by atoms with E-state index >= 15 is 0 Å². The zero-order valence-electron chi connectivity index (χ0n) is 8.79. The number of nitrogens with two attached hydrogens (primary N) is 1. The van der Waals surface area contributed by atoms with Gasteiger partial charge in [0.2, 0.25) is 0 Å². The quantitative estimate of drug-likeness (QED) is 0.747. The Morgan fingerprint density at radius 1 is 1.64 bits per heavy atom. The lowest BCUT2D eigenvalue weighted by atomic mass is 10.1. The molecule has 1 aromatic rings. The van der Waals surface area contributed by atoms with Crippen LogP contribution in [0, 0.1) is 0 Å². The lowest BCUT2D eigenvalue weighted by Gasteiger charge is -2.32. The number of nitrogens with zero attached hydrogens (tertiary/aromatic N) is 1. The first-order chi connectivity index (χ1) is 6.81. The molecule has 0 radical (unpaired) electrons. The molecule has 1 saturated heterocycles. The molecule has 2 heterocycles. The van der Waals surface area contributed by atoms with Gasteiger partial charge in [0.1, 0.15) is 0 Å². The minimum Gasteiger partial charge on any atom is -0.369 e. The van der Waals surface area contributed by atoms with Gasteiger partial charge in [-0.2, -0.15) is 0 Å². The molecule has 1 atom stereocenters. The van der Waals surface area contributed by atoms with Crippen LogP contribution in [0.4, 0.5) is 5.69 Å². The molecule has 1 fully saturated rings. The monoisotopic (exact) mass is 193 g/mol. The minimum atomic E-state index is 0.350. The van der Waals surface area contributed by atoms with E-state index in [0.717, 1.165) is 19.5 Å². The molecular formula is C11H19N3. The predicted molar refractivity (Wildman–Crippen MR) is 59.6 cm³/mol. The van der Waals surface area contributed by atoms with E-state index in [4.69, 9.17) is 5.73 Å². The summed E-state index contributed by atoms with van der Waals surface area (Å²) in [5, 5.41) is 0. The maximum Gasteiger partial charge on any atom is 0.0577 e. The van der Waals surface area contributed by atoms with Crippen molar-refractivity contribution >= 4 is 5.69 Å². The summed E-state index contributed by atoms with van der Waals surface area (Å²) in [6, 6.07) is 2.51. The molecule has 78 valence electrons. The van der Waals surface area contributed by atoms with Gasteiger partial charge in [-0.15, -0.1) is 0 Å². The van der Waals surface area contributed by atoms with Gasteiger partial charge in [0.05, 0.1) is 5.69 Å². The fraction of sp³-hybridized carbons (Fsp3) is 0.636. The molecule has 0 bridgehead atoms. The van der Waals surface area contributed by atoms with E-state index in [-0.39, 0.29) is 0 Å². The SMILES string of the molecule is CCc1[nH]ccc1N1CCCC(N)C1. The molecule has 3 N–H and O–H groups in total. The summed E-state index contributed by atoms with van der Waals surface area (Å²) in [6.07, 6.45) is 5.47. The summed E-state index contributed by atoms with van der Waals surface area (Å²) < 4.78 is 0. The lowest BCUT2D eigenvalue weighted by molar-refractivity contribution is 0.505. The summed E-state index contributed by atoms with van der Waals surface area (Å²) in [7, 11) is 0. The topological polar surface area (TPSA) is 45.0 Å². The Morgan fingerprint density at radius 2 is 2.50 bits per heavy atom. The minimum absolute atomic E-state index is 0.350. The van der Waals surface area contributed by atoms with Crippen molar-refractivity contribution in [3.05, 3.63) is 18.0 Å². The number of hydrogen-bond donors (Lipinski definition) is 2. The number of hydrogen-bond acceptors (Lipinski definition) is 2. The summed E-state index contributed by atoms with van der Waals surface area (Å²) >= 11 is 0. The highest BCUT2D eigenvalue weighted by molar-refractivity contribution is 5.51. The van der Waals surface area contributed by atoms with Crippen LogP contribution in [0.5, 0.6) is 0 Å². The van der Waals surface area contributed by atoms with E-state index in [1.54, 1.807) is 0 Å². The summed E-state index contributed by atoms with van der Waals surface area (Å²) in [6.45, 7) is 4.34. The van der Waals surface area contributed by atoms with Gasteiger partial charge in [0, 0.05) is 31.0 Å². The van der Waals surface area contributed by atoms with Crippen LogP contribution in [0.1, 0.15) is 25.5 Å². The van der Waals surface area contributed by atoms with Gasteiger partial charge in [-0.25, -0.2) is 0 Å². The second-order valence-electron chi connectivity index (χ2n) is 4.04. The highest BCUT2D eigenvalue weighted by atomic mass is 15.2. The Bertz CT molecular complexity index is 292. The molecule has 1 aliphatic heterocycles. The van der Waals surface area contributed by atoms with Gasteiger partial charge in [0.25, 0.3) is 0 Å². The molecule has 0 aliphatic carbocycles. The number of aromatic amines is 1. The highest BCUT2D eigenvalue weighted by Gasteiger charge is 2.18. The Morgan fingerprint density at radius 3 is 3.21 bits per heavy atom. The second-order valence-corrected chi connectivity index (χ2v) is 4.04. The third kappa shape index (κ3) is 1.77. The van der Waals surface area contributed by atoms with Crippen LogP contribution in [0.15, 0.2) is 12.3 Å². The van der Waals surface area contributed by atoms with Crippen molar-refractivity contribution in [3.63, 3.8) is 0 Å². The molecule has 0 saturated carbocycles. The average Bonchev–Trinajstić information content (AvgIpc) is 2.65. The largest absolute Gasteiger partial charge is 0.369 e. The molecule has 2 rings (SSSR count). The summed E-state index contributed by atoms with van der Waals surface area (Å²) in [4.78, 5) is 5.69. The number of aromatic nitrogens is 1.